The molecule has 0 aromatic carbocycles. The van der Waals surface area contributed by atoms with Gasteiger partial charge in [-0.25, -0.2) is 0 Å². The Morgan fingerprint density at radius 3 is 2.17 bits per heavy atom. The summed E-state index contributed by atoms with van der Waals surface area (Å²) in [4.78, 5) is 23.2. The molecule has 5 heteroatoms. The lowest BCUT2D eigenvalue weighted by molar-refractivity contribution is -0.143. The maximum Gasteiger partial charge on any atom is 0.317 e. The lowest BCUT2D eigenvalue weighted by Gasteiger charge is -2.28. The highest BCUT2D eigenvalue weighted by atomic mass is 16.4. The zero-order valence-corrected chi connectivity index (χ0v) is 11.2. The van der Waals surface area contributed by atoms with E-state index in [0.29, 0.717) is 0 Å². The van der Waals surface area contributed by atoms with Crippen LogP contribution in [0.3, 0.4) is 0 Å². The molecule has 0 aromatic heterocycles. The van der Waals surface area contributed by atoms with Crippen molar-refractivity contribution < 1.29 is 19.8 Å². The average Bonchev–Trinajstić information content (AvgIpc) is 2.37. The molecule has 1 rings (SSSR count). The summed E-state index contributed by atoms with van der Waals surface area (Å²) < 4.78 is 0. The van der Waals surface area contributed by atoms with Crippen molar-refractivity contribution in [3.63, 3.8) is 0 Å². The maximum atomic E-state index is 10.8. The molecule has 0 spiro atoms. The minimum Gasteiger partial charge on any atom is -0.480 e. The van der Waals surface area contributed by atoms with Crippen molar-refractivity contribution in [1.29, 1.82) is 0 Å². The van der Waals surface area contributed by atoms with Crippen molar-refractivity contribution >= 4 is 11.9 Å². The van der Waals surface area contributed by atoms with Gasteiger partial charge in [0.05, 0.1) is 13.1 Å². The van der Waals surface area contributed by atoms with E-state index < -0.39 is 11.9 Å². The van der Waals surface area contributed by atoms with Crippen LogP contribution in [-0.2, 0) is 9.59 Å². The number of carbonyl (C=O) groups is 2. The number of hydrogen-bond donors (Lipinski definition) is 2. The molecule has 18 heavy (non-hydrogen) atoms. The van der Waals surface area contributed by atoms with Crippen LogP contribution in [0.5, 0.6) is 0 Å². The molecule has 1 fully saturated rings. The van der Waals surface area contributed by atoms with Crippen LogP contribution in [0.1, 0.15) is 46.0 Å². The van der Waals surface area contributed by atoms with Gasteiger partial charge in [-0.05, 0) is 31.1 Å². The van der Waals surface area contributed by atoms with Crippen LogP contribution in [0.2, 0.25) is 0 Å². The Bertz CT molecular complexity index is 298. The molecule has 1 atom stereocenters. The molecule has 0 heterocycles. The van der Waals surface area contributed by atoms with Gasteiger partial charge in [-0.1, -0.05) is 20.3 Å². The van der Waals surface area contributed by atoms with Gasteiger partial charge >= 0.3 is 11.9 Å². The summed E-state index contributed by atoms with van der Waals surface area (Å²) >= 11 is 0. The summed E-state index contributed by atoms with van der Waals surface area (Å²) in [6.45, 7) is 4.07. The number of aliphatic carboxylic acids is 2. The van der Waals surface area contributed by atoms with E-state index in [2.05, 4.69) is 13.8 Å². The molecular weight excluding hydrogens is 234 g/mol. The van der Waals surface area contributed by atoms with Crippen LogP contribution in [0.4, 0.5) is 0 Å². The highest BCUT2D eigenvalue weighted by Gasteiger charge is 2.29. The van der Waals surface area contributed by atoms with Gasteiger partial charge in [0.25, 0.3) is 0 Å². The predicted octanol–water partition coefficient (Wildman–Crippen LogP) is 1.82. The number of hydrogen-bond acceptors (Lipinski definition) is 3. The maximum absolute atomic E-state index is 10.8. The molecule has 0 aromatic rings. The molecule has 2 N–H and O–H groups in total. The minimum absolute atomic E-state index is 0.0824. The number of nitrogens with zero attached hydrogens (tertiary/aromatic N) is 1. The van der Waals surface area contributed by atoms with Gasteiger partial charge in [0, 0.05) is 6.04 Å². The van der Waals surface area contributed by atoms with Gasteiger partial charge in [0.15, 0.2) is 0 Å². The Hall–Kier alpha value is -1.10. The fourth-order valence-electron chi connectivity index (χ4n) is 2.67. The predicted molar refractivity (Wildman–Crippen MR) is 67.5 cm³/mol. The molecule has 1 unspecified atom stereocenters. The quantitative estimate of drug-likeness (QED) is 0.734. The summed E-state index contributed by atoms with van der Waals surface area (Å²) in [6, 6.07) is 0.0824. The van der Waals surface area contributed by atoms with E-state index >= 15 is 0 Å². The van der Waals surface area contributed by atoms with Crippen LogP contribution in [0, 0.1) is 5.41 Å². The van der Waals surface area contributed by atoms with E-state index in [9.17, 15) is 9.59 Å². The van der Waals surface area contributed by atoms with E-state index in [0.717, 1.165) is 32.1 Å². The first-order valence-corrected chi connectivity index (χ1v) is 6.48. The number of rotatable bonds is 5. The first-order chi connectivity index (χ1) is 8.30. The Balaban J connectivity index is 2.66. The van der Waals surface area contributed by atoms with Gasteiger partial charge < -0.3 is 10.2 Å². The summed E-state index contributed by atoms with van der Waals surface area (Å²) in [5.74, 6) is -1.92. The van der Waals surface area contributed by atoms with Gasteiger partial charge in [-0.15, -0.1) is 0 Å². The van der Waals surface area contributed by atoms with Crippen molar-refractivity contribution in [2.24, 2.45) is 5.41 Å². The molecule has 0 radical (unpaired) electrons. The lowest BCUT2D eigenvalue weighted by atomic mass is 9.85. The standard InChI is InChI=1S/C13H23NO4/c1-13(2)6-3-4-10(5-7-13)14(8-11(15)16)9-12(17)18/h10H,3-9H2,1-2H3,(H,15,16)(H,17,18). The van der Waals surface area contributed by atoms with Gasteiger partial charge in [0.2, 0.25) is 0 Å². The second-order valence-corrected chi connectivity index (χ2v) is 5.94. The molecule has 1 aliphatic carbocycles. The average molecular weight is 257 g/mol. The molecular formula is C13H23NO4. The first kappa shape index (κ1) is 15.0. The highest BCUT2D eigenvalue weighted by molar-refractivity contribution is 5.72. The summed E-state index contributed by atoms with van der Waals surface area (Å²) in [7, 11) is 0. The fourth-order valence-corrected chi connectivity index (χ4v) is 2.67. The second-order valence-electron chi connectivity index (χ2n) is 5.94. The van der Waals surface area contributed by atoms with Crippen LogP contribution in [-0.4, -0.2) is 46.2 Å². The third-order valence-electron chi connectivity index (χ3n) is 3.74. The first-order valence-electron chi connectivity index (χ1n) is 6.48. The van der Waals surface area contributed by atoms with Gasteiger partial charge in [-0.3, -0.25) is 14.5 Å². The van der Waals surface area contributed by atoms with E-state index in [1.165, 1.54) is 0 Å². The monoisotopic (exact) mass is 257 g/mol. The number of carboxylic acid groups (broad SMARTS) is 2. The highest BCUT2D eigenvalue weighted by Crippen LogP contribution is 2.35. The largest absolute Gasteiger partial charge is 0.480 e. The van der Waals surface area contributed by atoms with E-state index in [-0.39, 0.29) is 24.5 Å². The Kier molecular flexibility index (Phi) is 5.14. The summed E-state index contributed by atoms with van der Waals surface area (Å²) in [6.07, 6.45) is 4.95. The molecule has 0 saturated heterocycles. The fraction of sp³-hybridized carbons (Fsp3) is 0.846. The second kappa shape index (κ2) is 6.18. The third-order valence-corrected chi connectivity index (χ3v) is 3.74. The van der Waals surface area contributed by atoms with Crippen LogP contribution < -0.4 is 0 Å². The summed E-state index contributed by atoms with van der Waals surface area (Å²) in [5.41, 5.74) is 0.285. The van der Waals surface area contributed by atoms with Crippen molar-refractivity contribution in [2.75, 3.05) is 13.1 Å². The van der Waals surface area contributed by atoms with E-state index in [1.54, 1.807) is 4.90 Å². The minimum atomic E-state index is -0.959. The Morgan fingerprint density at radius 2 is 1.67 bits per heavy atom. The molecule has 1 aliphatic rings. The van der Waals surface area contributed by atoms with Crippen molar-refractivity contribution in [3.05, 3.63) is 0 Å². The molecule has 104 valence electrons. The van der Waals surface area contributed by atoms with Crippen molar-refractivity contribution in [2.45, 2.75) is 52.0 Å². The normalized spacial score (nSPS) is 23.6. The topological polar surface area (TPSA) is 77.8 Å². The number of carboxylic acids is 2. The molecule has 1 saturated carbocycles. The van der Waals surface area contributed by atoms with Crippen LogP contribution in [0.15, 0.2) is 0 Å². The van der Waals surface area contributed by atoms with Crippen LogP contribution in [0.25, 0.3) is 0 Å². The van der Waals surface area contributed by atoms with Gasteiger partial charge in [0.1, 0.15) is 0 Å². The molecule has 0 amide bonds. The Morgan fingerprint density at radius 1 is 1.11 bits per heavy atom. The molecule has 5 nitrogen and oxygen atoms in total. The van der Waals surface area contributed by atoms with E-state index in [1.807, 2.05) is 0 Å². The molecule has 0 aliphatic heterocycles. The zero-order valence-electron chi connectivity index (χ0n) is 11.2. The lowest BCUT2D eigenvalue weighted by Crippen LogP contribution is -2.42. The smallest absolute Gasteiger partial charge is 0.317 e. The molecule has 0 bridgehead atoms. The SMILES string of the molecule is CC1(C)CCCC(N(CC(=O)O)CC(=O)O)CC1. The van der Waals surface area contributed by atoms with E-state index in [4.69, 9.17) is 10.2 Å². The van der Waals surface area contributed by atoms with Crippen LogP contribution >= 0.6 is 0 Å². The van der Waals surface area contributed by atoms with Gasteiger partial charge in [-0.2, -0.15) is 0 Å². The van der Waals surface area contributed by atoms with Crippen molar-refractivity contribution in [3.8, 4) is 0 Å². The zero-order chi connectivity index (χ0) is 13.8. The van der Waals surface area contributed by atoms with Crippen molar-refractivity contribution in [1.82, 2.24) is 4.90 Å². The summed E-state index contributed by atoms with van der Waals surface area (Å²) in [5, 5.41) is 17.7. The third kappa shape index (κ3) is 5.04. The Labute approximate surface area is 108 Å².